The third-order valence-electron chi connectivity index (χ3n) is 5.51. The number of benzene rings is 2. The van der Waals surface area contributed by atoms with E-state index in [0.29, 0.717) is 11.6 Å². The van der Waals surface area contributed by atoms with E-state index < -0.39 is 5.60 Å². The van der Waals surface area contributed by atoms with Crippen molar-refractivity contribution >= 4 is 28.6 Å². The van der Waals surface area contributed by atoms with Gasteiger partial charge in [-0.05, 0) is 69.0 Å². The monoisotopic (exact) mass is 418 g/mol. The number of carbonyl (C=O) groups is 1. The summed E-state index contributed by atoms with van der Waals surface area (Å²) in [5.74, 6) is 0.752. The van der Waals surface area contributed by atoms with Crippen LogP contribution in [0.3, 0.4) is 0 Å². The fourth-order valence-electron chi connectivity index (χ4n) is 4.01. The average molecular weight is 419 g/mol. The molecule has 6 heteroatoms. The summed E-state index contributed by atoms with van der Waals surface area (Å²) in [4.78, 5) is 21.2. The van der Waals surface area contributed by atoms with Crippen LogP contribution in [0.15, 0.2) is 42.5 Å². The Morgan fingerprint density at radius 3 is 2.35 bits per heavy atom. The summed E-state index contributed by atoms with van der Waals surface area (Å²) < 4.78 is 5.45. The van der Waals surface area contributed by atoms with E-state index in [1.807, 2.05) is 45.0 Å². The molecule has 1 fully saturated rings. The molecule has 1 aromatic heterocycles. The van der Waals surface area contributed by atoms with Crippen LogP contribution in [0.5, 0.6) is 0 Å². The molecule has 0 unspecified atom stereocenters. The molecule has 6 nitrogen and oxygen atoms in total. The Bertz CT molecular complexity index is 1080. The van der Waals surface area contributed by atoms with Crippen LogP contribution in [0, 0.1) is 0 Å². The van der Waals surface area contributed by atoms with E-state index in [9.17, 15) is 4.79 Å². The molecule has 4 rings (SSSR count). The first-order chi connectivity index (χ1) is 14.8. The number of fused-ring (bicyclic) bond motifs is 1. The third kappa shape index (κ3) is 5.13. The maximum atomic E-state index is 12.3. The molecule has 162 valence electrons. The molecular weight excluding hydrogens is 388 g/mol. The number of rotatable bonds is 4. The van der Waals surface area contributed by atoms with Crippen molar-refractivity contribution in [3.05, 3.63) is 48.0 Å². The lowest BCUT2D eigenvalue weighted by Crippen LogP contribution is -2.23. The molecule has 0 bridgehead atoms. The Balaban J connectivity index is 1.63. The first-order valence-corrected chi connectivity index (χ1v) is 11.0. The number of aromatic nitrogens is 2. The lowest BCUT2D eigenvalue weighted by molar-refractivity contribution is 0.00695. The summed E-state index contributed by atoms with van der Waals surface area (Å²) >= 11 is 0. The van der Waals surface area contributed by atoms with Gasteiger partial charge in [-0.25, -0.2) is 9.78 Å². The summed E-state index contributed by atoms with van der Waals surface area (Å²) in [5, 5.41) is 4.55. The van der Waals surface area contributed by atoms with Gasteiger partial charge in [0.05, 0.1) is 11.1 Å². The van der Waals surface area contributed by atoms with Crippen molar-refractivity contribution in [2.75, 3.05) is 11.1 Å². The Morgan fingerprint density at radius 1 is 1.00 bits per heavy atom. The van der Waals surface area contributed by atoms with E-state index in [0.717, 1.165) is 40.7 Å². The van der Waals surface area contributed by atoms with Crippen LogP contribution in [0.4, 0.5) is 11.8 Å². The maximum absolute atomic E-state index is 12.3. The van der Waals surface area contributed by atoms with Crippen molar-refractivity contribution in [3.8, 4) is 11.1 Å². The first kappa shape index (κ1) is 21.1. The molecule has 1 saturated carbocycles. The van der Waals surface area contributed by atoms with Gasteiger partial charge in [0.2, 0.25) is 5.95 Å². The van der Waals surface area contributed by atoms with Gasteiger partial charge in [-0.15, -0.1) is 0 Å². The number of esters is 1. The Hall–Kier alpha value is -3.15. The summed E-state index contributed by atoms with van der Waals surface area (Å²) in [6, 6.07) is 14.0. The fraction of sp³-hybridized carbons (Fsp3) is 0.400. The van der Waals surface area contributed by atoms with Crippen LogP contribution in [-0.4, -0.2) is 27.6 Å². The Kier molecular flexibility index (Phi) is 5.81. The lowest BCUT2D eigenvalue weighted by Gasteiger charge is -2.24. The van der Waals surface area contributed by atoms with Crippen molar-refractivity contribution in [1.29, 1.82) is 0 Å². The smallest absolute Gasteiger partial charge is 0.338 e. The lowest BCUT2D eigenvalue weighted by atomic mass is 9.95. The molecule has 2 aromatic carbocycles. The van der Waals surface area contributed by atoms with E-state index in [-0.39, 0.29) is 11.9 Å². The molecule has 0 radical (unpaired) electrons. The number of ether oxygens (including phenoxy) is 1. The second-order valence-electron chi connectivity index (χ2n) is 9.22. The molecule has 1 heterocycles. The van der Waals surface area contributed by atoms with Crippen LogP contribution in [0.2, 0.25) is 0 Å². The number of nitrogen functional groups attached to an aromatic ring is 1. The minimum absolute atomic E-state index is 0.278. The molecule has 1 aliphatic carbocycles. The second-order valence-corrected chi connectivity index (χ2v) is 9.22. The van der Waals surface area contributed by atoms with Crippen LogP contribution in [0.1, 0.15) is 63.2 Å². The van der Waals surface area contributed by atoms with Gasteiger partial charge >= 0.3 is 5.97 Å². The molecule has 0 saturated heterocycles. The van der Waals surface area contributed by atoms with Crippen LogP contribution in [0.25, 0.3) is 22.0 Å². The molecule has 3 N–H and O–H groups in total. The highest BCUT2D eigenvalue weighted by atomic mass is 16.6. The third-order valence-corrected chi connectivity index (χ3v) is 5.51. The molecule has 0 atom stereocenters. The molecule has 1 aliphatic rings. The number of nitrogens with two attached hydrogens (primary N) is 1. The van der Waals surface area contributed by atoms with Crippen molar-refractivity contribution in [2.24, 2.45) is 0 Å². The number of hydrogen-bond donors (Lipinski definition) is 2. The Morgan fingerprint density at radius 2 is 1.68 bits per heavy atom. The summed E-state index contributed by atoms with van der Waals surface area (Å²) in [7, 11) is 0. The first-order valence-electron chi connectivity index (χ1n) is 11.0. The number of anilines is 2. The second kappa shape index (κ2) is 8.53. The van der Waals surface area contributed by atoms with Crippen LogP contribution < -0.4 is 11.1 Å². The SMILES string of the molecule is CC(C)(C)OC(=O)c1ccc(-c2ccc3nc(N)nc(NC4CCCCC4)c3c2)cc1. The molecule has 0 amide bonds. The predicted molar refractivity (Wildman–Crippen MR) is 125 cm³/mol. The van der Waals surface area contributed by atoms with Crippen molar-refractivity contribution in [3.63, 3.8) is 0 Å². The number of nitrogens with one attached hydrogen (secondary N) is 1. The highest BCUT2D eigenvalue weighted by Gasteiger charge is 2.18. The molecule has 31 heavy (non-hydrogen) atoms. The van der Waals surface area contributed by atoms with E-state index in [1.165, 1.54) is 19.3 Å². The van der Waals surface area contributed by atoms with Gasteiger partial charge < -0.3 is 15.8 Å². The highest BCUT2D eigenvalue weighted by Crippen LogP contribution is 2.30. The minimum atomic E-state index is -0.516. The normalized spacial score (nSPS) is 15.1. The van der Waals surface area contributed by atoms with Gasteiger partial charge in [0.1, 0.15) is 11.4 Å². The van der Waals surface area contributed by atoms with Gasteiger partial charge in [0, 0.05) is 11.4 Å². The zero-order valence-electron chi connectivity index (χ0n) is 18.4. The van der Waals surface area contributed by atoms with E-state index >= 15 is 0 Å². The Labute approximate surface area is 183 Å². The summed E-state index contributed by atoms with van der Waals surface area (Å²) in [6.45, 7) is 5.59. The van der Waals surface area contributed by atoms with Crippen molar-refractivity contribution in [2.45, 2.75) is 64.5 Å². The zero-order chi connectivity index (χ0) is 22.0. The predicted octanol–water partition coefficient (Wildman–Crippen LogP) is 5.58. The number of hydrogen-bond acceptors (Lipinski definition) is 6. The van der Waals surface area contributed by atoms with Crippen LogP contribution >= 0.6 is 0 Å². The van der Waals surface area contributed by atoms with Gasteiger partial charge in [0.15, 0.2) is 0 Å². The maximum Gasteiger partial charge on any atom is 0.338 e. The fourth-order valence-corrected chi connectivity index (χ4v) is 4.01. The van der Waals surface area contributed by atoms with Gasteiger partial charge in [-0.1, -0.05) is 37.5 Å². The summed E-state index contributed by atoms with van der Waals surface area (Å²) in [5.41, 5.74) is 8.84. The van der Waals surface area contributed by atoms with E-state index in [1.54, 1.807) is 12.1 Å². The quantitative estimate of drug-likeness (QED) is 0.538. The van der Waals surface area contributed by atoms with Crippen molar-refractivity contribution in [1.82, 2.24) is 9.97 Å². The number of carbonyl (C=O) groups excluding carboxylic acids is 1. The number of nitrogens with zero attached hydrogens (tertiary/aromatic N) is 2. The minimum Gasteiger partial charge on any atom is -0.456 e. The average Bonchev–Trinajstić information content (AvgIpc) is 2.73. The largest absolute Gasteiger partial charge is 0.456 e. The van der Waals surface area contributed by atoms with E-state index in [4.69, 9.17) is 10.5 Å². The van der Waals surface area contributed by atoms with E-state index in [2.05, 4.69) is 21.4 Å². The molecule has 3 aromatic rings. The molecular formula is C25H30N4O2. The van der Waals surface area contributed by atoms with Crippen molar-refractivity contribution < 1.29 is 9.53 Å². The van der Waals surface area contributed by atoms with Gasteiger partial charge in [0.25, 0.3) is 0 Å². The zero-order valence-corrected chi connectivity index (χ0v) is 18.4. The van der Waals surface area contributed by atoms with Crippen LogP contribution in [-0.2, 0) is 4.74 Å². The molecule has 0 spiro atoms. The summed E-state index contributed by atoms with van der Waals surface area (Å²) in [6.07, 6.45) is 6.08. The highest BCUT2D eigenvalue weighted by molar-refractivity contribution is 5.94. The van der Waals surface area contributed by atoms with Gasteiger partial charge in [-0.3, -0.25) is 0 Å². The topological polar surface area (TPSA) is 90.1 Å². The van der Waals surface area contributed by atoms with Gasteiger partial charge in [-0.2, -0.15) is 4.98 Å². The standard InChI is InChI=1S/C25H30N4O2/c1-25(2,3)31-23(30)17-11-9-16(10-12-17)18-13-14-21-20(15-18)22(29-24(26)28-21)27-19-7-5-4-6-8-19/h9-15,19H,4-8H2,1-3H3,(H3,26,27,28,29). The molecule has 0 aliphatic heterocycles.